The van der Waals surface area contributed by atoms with Crippen molar-refractivity contribution in [3.05, 3.63) is 45.9 Å². The Morgan fingerprint density at radius 3 is 2.81 bits per heavy atom. The fraction of sp³-hybridized carbons (Fsp3) is 0.357. The summed E-state index contributed by atoms with van der Waals surface area (Å²) >= 11 is 1.67. The van der Waals surface area contributed by atoms with Crippen LogP contribution in [0, 0.1) is 5.82 Å². The molecule has 7 heteroatoms. The average Bonchev–Trinajstić information content (AvgIpc) is 2.97. The molecule has 0 atom stereocenters. The second-order valence-electron chi connectivity index (χ2n) is 4.29. The average molecular weight is 307 g/mol. The van der Waals surface area contributed by atoms with Gasteiger partial charge < -0.3 is 10.6 Å². The zero-order valence-corrected chi connectivity index (χ0v) is 12.9. The molecule has 0 saturated heterocycles. The first kappa shape index (κ1) is 15.4. The molecule has 0 radical (unpaired) electrons. The number of nitrogens with one attached hydrogen (secondary N) is 2. The van der Waals surface area contributed by atoms with Crippen LogP contribution in [0.25, 0.3) is 0 Å². The molecule has 0 amide bonds. The van der Waals surface area contributed by atoms with Crippen LogP contribution >= 0.6 is 11.3 Å². The van der Waals surface area contributed by atoms with Crippen LogP contribution in [0.2, 0.25) is 0 Å². The van der Waals surface area contributed by atoms with Crippen LogP contribution in [0.1, 0.15) is 22.5 Å². The Morgan fingerprint density at radius 2 is 2.14 bits per heavy atom. The standard InChI is InChI=1S/C14H18FN5S/c1-3-10-7-18-13(21-10)9-20-14(16-2)19-8-12-11(15)5-4-6-17-12/h4-7H,3,8-9H2,1-2H3,(H2,16,19,20). The van der Waals surface area contributed by atoms with Gasteiger partial charge in [-0.1, -0.05) is 6.92 Å². The van der Waals surface area contributed by atoms with Crippen molar-refractivity contribution in [2.75, 3.05) is 7.05 Å². The monoisotopic (exact) mass is 307 g/mol. The molecule has 5 nitrogen and oxygen atoms in total. The molecular formula is C14H18FN5S. The molecule has 0 aliphatic heterocycles. The van der Waals surface area contributed by atoms with Crippen molar-refractivity contribution in [3.8, 4) is 0 Å². The smallest absolute Gasteiger partial charge is 0.191 e. The van der Waals surface area contributed by atoms with Crippen molar-refractivity contribution in [1.29, 1.82) is 0 Å². The third kappa shape index (κ3) is 4.49. The third-order valence-corrected chi connectivity index (χ3v) is 3.98. The van der Waals surface area contributed by atoms with Gasteiger partial charge in [0.2, 0.25) is 0 Å². The summed E-state index contributed by atoms with van der Waals surface area (Å²) < 4.78 is 13.5. The maximum atomic E-state index is 13.5. The van der Waals surface area contributed by atoms with E-state index in [1.54, 1.807) is 30.6 Å². The molecule has 2 aromatic rings. The molecule has 0 aromatic carbocycles. The molecule has 0 unspecified atom stereocenters. The maximum Gasteiger partial charge on any atom is 0.191 e. The minimum Gasteiger partial charge on any atom is -0.351 e. The molecule has 0 aliphatic rings. The number of aliphatic imine (C=N–C) groups is 1. The van der Waals surface area contributed by atoms with Gasteiger partial charge in [-0.3, -0.25) is 9.98 Å². The van der Waals surface area contributed by atoms with Crippen molar-refractivity contribution in [1.82, 2.24) is 20.6 Å². The molecule has 21 heavy (non-hydrogen) atoms. The zero-order valence-electron chi connectivity index (χ0n) is 12.1. The van der Waals surface area contributed by atoms with Crippen LogP contribution in [0.15, 0.2) is 29.5 Å². The van der Waals surface area contributed by atoms with E-state index in [0.717, 1.165) is 11.4 Å². The molecule has 0 spiro atoms. The Bertz CT molecular complexity index is 611. The summed E-state index contributed by atoms with van der Waals surface area (Å²) in [6.07, 6.45) is 4.45. The van der Waals surface area contributed by atoms with Gasteiger partial charge >= 0.3 is 0 Å². The highest BCUT2D eigenvalue weighted by atomic mass is 32.1. The molecule has 0 fully saturated rings. The van der Waals surface area contributed by atoms with Gasteiger partial charge in [0.15, 0.2) is 5.96 Å². The second kappa shape index (κ2) is 7.68. The first-order valence-electron chi connectivity index (χ1n) is 6.70. The van der Waals surface area contributed by atoms with Gasteiger partial charge in [-0.15, -0.1) is 11.3 Å². The SMILES string of the molecule is CCc1cnc(CNC(=NC)NCc2ncccc2F)s1. The third-order valence-electron chi connectivity index (χ3n) is 2.84. The molecular weight excluding hydrogens is 289 g/mol. The lowest BCUT2D eigenvalue weighted by molar-refractivity contribution is 0.592. The topological polar surface area (TPSA) is 62.2 Å². The number of guanidine groups is 1. The number of rotatable bonds is 5. The molecule has 2 rings (SSSR count). The Kier molecular flexibility index (Phi) is 5.62. The number of pyridine rings is 1. The summed E-state index contributed by atoms with van der Waals surface area (Å²) in [6.45, 7) is 2.98. The molecule has 0 saturated carbocycles. The van der Waals surface area contributed by atoms with Gasteiger partial charge in [0.1, 0.15) is 10.8 Å². The van der Waals surface area contributed by atoms with Crippen molar-refractivity contribution >= 4 is 17.3 Å². The Morgan fingerprint density at radius 1 is 1.33 bits per heavy atom. The number of hydrogen-bond acceptors (Lipinski definition) is 4. The van der Waals surface area contributed by atoms with E-state index in [9.17, 15) is 4.39 Å². The van der Waals surface area contributed by atoms with Gasteiger partial charge in [0.05, 0.1) is 18.8 Å². The summed E-state index contributed by atoms with van der Waals surface area (Å²) in [6, 6.07) is 2.96. The summed E-state index contributed by atoms with van der Waals surface area (Å²) in [7, 11) is 1.67. The van der Waals surface area contributed by atoms with E-state index in [1.165, 1.54) is 10.9 Å². The number of halogens is 1. The van der Waals surface area contributed by atoms with Crippen LogP contribution in [0.4, 0.5) is 4.39 Å². The Labute approximate surface area is 127 Å². The summed E-state index contributed by atoms with van der Waals surface area (Å²) in [5.74, 6) is 0.265. The Balaban J connectivity index is 1.85. The second-order valence-corrected chi connectivity index (χ2v) is 5.48. The highest BCUT2D eigenvalue weighted by Crippen LogP contribution is 2.12. The van der Waals surface area contributed by atoms with Crippen molar-refractivity contribution < 1.29 is 4.39 Å². The molecule has 2 heterocycles. The van der Waals surface area contributed by atoms with Gasteiger partial charge in [-0.25, -0.2) is 9.37 Å². The molecule has 2 aromatic heterocycles. The van der Waals surface area contributed by atoms with Crippen LogP contribution < -0.4 is 10.6 Å². The summed E-state index contributed by atoms with van der Waals surface area (Å²) in [4.78, 5) is 13.7. The van der Waals surface area contributed by atoms with E-state index in [2.05, 4.69) is 32.5 Å². The van der Waals surface area contributed by atoms with E-state index >= 15 is 0 Å². The van der Waals surface area contributed by atoms with Gasteiger partial charge in [0.25, 0.3) is 0 Å². The highest BCUT2D eigenvalue weighted by Gasteiger charge is 2.05. The van der Waals surface area contributed by atoms with E-state index in [1.807, 2.05) is 6.20 Å². The van der Waals surface area contributed by atoms with Gasteiger partial charge in [-0.2, -0.15) is 0 Å². The largest absolute Gasteiger partial charge is 0.351 e. The summed E-state index contributed by atoms with van der Waals surface area (Å²) in [5.41, 5.74) is 0.364. The predicted molar refractivity (Wildman–Crippen MR) is 82.7 cm³/mol. The normalized spacial score (nSPS) is 11.5. The molecule has 2 N–H and O–H groups in total. The molecule has 0 bridgehead atoms. The number of nitrogens with zero attached hydrogens (tertiary/aromatic N) is 3. The van der Waals surface area contributed by atoms with Crippen LogP contribution in [-0.2, 0) is 19.5 Å². The lowest BCUT2D eigenvalue weighted by Gasteiger charge is -2.10. The molecule has 0 aliphatic carbocycles. The van der Waals surface area contributed by atoms with E-state index in [-0.39, 0.29) is 12.4 Å². The van der Waals surface area contributed by atoms with Crippen LogP contribution in [0.5, 0.6) is 0 Å². The number of hydrogen-bond donors (Lipinski definition) is 2. The first-order valence-corrected chi connectivity index (χ1v) is 7.52. The number of aromatic nitrogens is 2. The minimum absolute atomic E-state index is 0.282. The quantitative estimate of drug-likeness (QED) is 0.656. The van der Waals surface area contributed by atoms with Crippen molar-refractivity contribution in [3.63, 3.8) is 0 Å². The van der Waals surface area contributed by atoms with Crippen LogP contribution in [0.3, 0.4) is 0 Å². The van der Waals surface area contributed by atoms with Crippen LogP contribution in [-0.4, -0.2) is 23.0 Å². The fourth-order valence-corrected chi connectivity index (χ4v) is 2.49. The first-order chi connectivity index (χ1) is 10.2. The Hall–Kier alpha value is -2.02. The van der Waals surface area contributed by atoms with Gasteiger partial charge in [0, 0.05) is 24.3 Å². The maximum absolute atomic E-state index is 13.5. The minimum atomic E-state index is -0.326. The van der Waals surface area contributed by atoms with E-state index < -0.39 is 0 Å². The van der Waals surface area contributed by atoms with Gasteiger partial charge in [-0.05, 0) is 18.6 Å². The zero-order chi connectivity index (χ0) is 15.1. The highest BCUT2D eigenvalue weighted by molar-refractivity contribution is 7.11. The van der Waals surface area contributed by atoms with Crippen molar-refractivity contribution in [2.24, 2.45) is 4.99 Å². The van der Waals surface area contributed by atoms with Crippen molar-refractivity contribution in [2.45, 2.75) is 26.4 Å². The van der Waals surface area contributed by atoms with E-state index in [4.69, 9.17) is 0 Å². The summed E-state index contributed by atoms with van der Waals surface area (Å²) in [5, 5.41) is 7.18. The number of thiazole rings is 1. The fourth-order valence-electron chi connectivity index (χ4n) is 1.69. The van der Waals surface area contributed by atoms with E-state index in [0.29, 0.717) is 18.2 Å². The lowest BCUT2D eigenvalue weighted by Crippen LogP contribution is -2.36. The lowest BCUT2D eigenvalue weighted by atomic mass is 10.3. The molecule has 112 valence electrons. The number of aryl methyl sites for hydroxylation is 1. The predicted octanol–water partition coefficient (Wildman–Crippen LogP) is 2.10.